The van der Waals surface area contributed by atoms with E-state index in [1.165, 1.54) is 60.0 Å². The molecule has 0 amide bonds. The van der Waals surface area contributed by atoms with Crippen molar-refractivity contribution in [3.63, 3.8) is 0 Å². The maximum absolute atomic E-state index is 6.65. The van der Waals surface area contributed by atoms with Gasteiger partial charge in [0.15, 0.2) is 5.82 Å². The fraction of sp³-hybridized carbons (Fsp3) is 0.0741. The van der Waals surface area contributed by atoms with Gasteiger partial charge in [-0.2, -0.15) is 0 Å². The molecular formula is C54H34N2OS. The van der Waals surface area contributed by atoms with E-state index in [-0.39, 0.29) is 5.41 Å². The maximum atomic E-state index is 6.65. The molecule has 0 saturated heterocycles. The van der Waals surface area contributed by atoms with Gasteiger partial charge in [-0.05, 0) is 85.6 Å². The number of hydrogen-bond acceptors (Lipinski definition) is 4. The van der Waals surface area contributed by atoms with Gasteiger partial charge < -0.3 is 4.74 Å². The quantitative estimate of drug-likeness (QED) is 0.176. The smallest absolute Gasteiger partial charge is 0.160 e. The predicted molar refractivity (Wildman–Crippen MR) is 238 cm³/mol. The molecule has 0 N–H and O–H groups in total. The predicted octanol–water partition coefficient (Wildman–Crippen LogP) is 14.1. The summed E-state index contributed by atoms with van der Waals surface area (Å²) in [6.45, 7) is 4.65. The lowest BCUT2D eigenvalue weighted by Gasteiger charge is -2.39. The Morgan fingerprint density at radius 1 is 0.483 bits per heavy atom. The fourth-order valence-electron chi connectivity index (χ4n) is 10.6. The second-order valence-corrected chi connectivity index (χ2v) is 17.5. The Kier molecular flexibility index (Phi) is 6.32. The highest BCUT2D eigenvalue weighted by Crippen LogP contribution is 2.63. The molecule has 2 aromatic heterocycles. The molecule has 0 fully saturated rings. The summed E-state index contributed by atoms with van der Waals surface area (Å²) >= 11 is 1.78. The van der Waals surface area contributed by atoms with E-state index in [0.717, 1.165) is 60.9 Å². The molecule has 3 aliphatic rings. The lowest BCUT2D eigenvalue weighted by molar-refractivity contribution is 0.436. The van der Waals surface area contributed by atoms with Gasteiger partial charge in [0.05, 0.1) is 21.3 Å². The third-order valence-electron chi connectivity index (χ3n) is 13.2. The first kappa shape index (κ1) is 32.2. The van der Waals surface area contributed by atoms with Gasteiger partial charge in [0.2, 0.25) is 0 Å². The van der Waals surface area contributed by atoms with Gasteiger partial charge in [0.1, 0.15) is 11.5 Å². The zero-order valence-corrected chi connectivity index (χ0v) is 32.7. The van der Waals surface area contributed by atoms with Crippen LogP contribution in [0, 0.1) is 0 Å². The van der Waals surface area contributed by atoms with Crippen LogP contribution in [0.15, 0.2) is 170 Å². The minimum absolute atomic E-state index is 0.0717. The summed E-state index contributed by atoms with van der Waals surface area (Å²) in [5.74, 6) is 2.53. The lowest BCUT2D eigenvalue weighted by Crippen LogP contribution is -2.32. The summed E-state index contributed by atoms with van der Waals surface area (Å²) < 4.78 is 8.96. The molecule has 10 aromatic rings. The molecule has 4 heteroatoms. The summed E-state index contributed by atoms with van der Waals surface area (Å²) in [7, 11) is 0. The highest BCUT2D eigenvalue weighted by molar-refractivity contribution is 7.26. The van der Waals surface area contributed by atoms with Crippen LogP contribution in [0.4, 0.5) is 0 Å². The average molecular weight is 759 g/mol. The second-order valence-electron chi connectivity index (χ2n) is 16.4. The SMILES string of the molecule is CC1(C)c2ccccc2-c2cc(-c3nc(-c4ccc5c(c4)-c4c(ccc6ccccc46)C54c5ccccc5Oc5ccccc54)c4sc5ccccc5c4n3)ccc21. The molecule has 0 bridgehead atoms. The van der Waals surface area contributed by atoms with Crippen LogP contribution in [0.2, 0.25) is 0 Å². The first-order valence-electron chi connectivity index (χ1n) is 20.0. The molecule has 8 aromatic carbocycles. The molecule has 0 unspecified atom stereocenters. The van der Waals surface area contributed by atoms with Gasteiger partial charge >= 0.3 is 0 Å². The van der Waals surface area contributed by atoms with Gasteiger partial charge in [0, 0.05) is 37.8 Å². The highest BCUT2D eigenvalue weighted by atomic mass is 32.1. The van der Waals surface area contributed by atoms with Crippen molar-refractivity contribution in [2.75, 3.05) is 0 Å². The summed E-state index contributed by atoms with van der Waals surface area (Å²) in [6.07, 6.45) is 0. The number of para-hydroxylation sites is 2. The van der Waals surface area contributed by atoms with Crippen LogP contribution >= 0.6 is 11.3 Å². The molecule has 272 valence electrons. The molecule has 58 heavy (non-hydrogen) atoms. The second kappa shape index (κ2) is 11.4. The zero-order valence-electron chi connectivity index (χ0n) is 31.9. The molecule has 3 nitrogen and oxygen atoms in total. The van der Waals surface area contributed by atoms with Gasteiger partial charge in [-0.1, -0.05) is 153 Å². The lowest BCUT2D eigenvalue weighted by atomic mass is 9.66. The molecule has 1 aliphatic heterocycles. The molecule has 0 saturated carbocycles. The van der Waals surface area contributed by atoms with Crippen LogP contribution in [0.3, 0.4) is 0 Å². The van der Waals surface area contributed by atoms with E-state index >= 15 is 0 Å². The molecule has 2 aliphatic carbocycles. The Balaban J connectivity index is 1.10. The Hall–Kier alpha value is -6.88. The van der Waals surface area contributed by atoms with Crippen molar-refractivity contribution in [3.8, 4) is 56.4 Å². The summed E-state index contributed by atoms with van der Waals surface area (Å²) in [4.78, 5) is 10.9. The number of hydrogen-bond donors (Lipinski definition) is 0. The normalized spacial score (nSPS) is 14.8. The van der Waals surface area contributed by atoms with Crippen molar-refractivity contribution in [3.05, 3.63) is 203 Å². The third-order valence-corrected chi connectivity index (χ3v) is 14.3. The number of thiophene rings is 1. The first-order chi connectivity index (χ1) is 28.5. The Morgan fingerprint density at radius 2 is 1.10 bits per heavy atom. The van der Waals surface area contributed by atoms with E-state index in [0.29, 0.717) is 0 Å². The Bertz CT molecular complexity index is 3380. The number of fused-ring (bicyclic) bond motifs is 17. The van der Waals surface area contributed by atoms with Crippen molar-refractivity contribution < 1.29 is 4.74 Å². The topological polar surface area (TPSA) is 35.0 Å². The maximum Gasteiger partial charge on any atom is 0.160 e. The zero-order chi connectivity index (χ0) is 38.3. The summed E-state index contributed by atoms with van der Waals surface area (Å²) in [5, 5.41) is 3.63. The van der Waals surface area contributed by atoms with Crippen LogP contribution in [0.5, 0.6) is 11.5 Å². The number of benzene rings is 8. The molecule has 1 spiro atoms. The van der Waals surface area contributed by atoms with Gasteiger partial charge in [-0.15, -0.1) is 11.3 Å². The van der Waals surface area contributed by atoms with E-state index in [1.807, 2.05) is 0 Å². The van der Waals surface area contributed by atoms with Gasteiger partial charge in [-0.25, -0.2) is 9.97 Å². The van der Waals surface area contributed by atoms with E-state index in [2.05, 4.69) is 184 Å². The number of aromatic nitrogens is 2. The van der Waals surface area contributed by atoms with Gasteiger partial charge in [0.25, 0.3) is 0 Å². The Labute approximate surface area is 339 Å². The van der Waals surface area contributed by atoms with Crippen LogP contribution in [-0.2, 0) is 10.8 Å². The Morgan fingerprint density at radius 3 is 1.93 bits per heavy atom. The fourth-order valence-corrected chi connectivity index (χ4v) is 11.7. The minimum atomic E-state index is -0.559. The molecule has 3 heterocycles. The number of ether oxygens (including phenoxy) is 1. The minimum Gasteiger partial charge on any atom is -0.457 e. The molecule has 13 rings (SSSR count). The van der Waals surface area contributed by atoms with E-state index in [9.17, 15) is 0 Å². The van der Waals surface area contributed by atoms with Crippen molar-refractivity contribution in [2.24, 2.45) is 0 Å². The molecule has 0 radical (unpaired) electrons. The van der Waals surface area contributed by atoms with Crippen LogP contribution in [-0.4, -0.2) is 9.97 Å². The van der Waals surface area contributed by atoms with Crippen molar-refractivity contribution in [1.29, 1.82) is 0 Å². The van der Waals surface area contributed by atoms with Crippen molar-refractivity contribution >= 4 is 42.4 Å². The standard InChI is InChI=1S/C54H34N2OS/c1-53(2)39-17-7-5-15-35(39)37-30-33(25-26-40(37)53)52-55-49(51-50(56-52)36-16-6-12-22-47(36)58-51)32-24-27-41-38(29-32)48-34-14-4-3-13-31(34)23-28-44(48)54(41)42-18-8-10-20-45(42)57-46-21-11-9-19-43(46)54/h3-30H,1-2H3. The largest absolute Gasteiger partial charge is 0.457 e. The van der Waals surface area contributed by atoms with E-state index in [1.54, 1.807) is 11.3 Å². The third kappa shape index (κ3) is 4.07. The van der Waals surface area contributed by atoms with Crippen molar-refractivity contribution in [1.82, 2.24) is 9.97 Å². The monoisotopic (exact) mass is 758 g/mol. The number of rotatable bonds is 2. The number of nitrogens with zero attached hydrogens (tertiary/aromatic N) is 2. The van der Waals surface area contributed by atoms with E-state index < -0.39 is 5.41 Å². The van der Waals surface area contributed by atoms with Crippen LogP contribution < -0.4 is 4.74 Å². The van der Waals surface area contributed by atoms with Gasteiger partial charge in [-0.3, -0.25) is 0 Å². The summed E-state index contributed by atoms with van der Waals surface area (Å²) in [5.41, 5.74) is 16.0. The summed E-state index contributed by atoms with van der Waals surface area (Å²) in [6, 6.07) is 62.0. The van der Waals surface area contributed by atoms with E-state index in [4.69, 9.17) is 14.7 Å². The first-order valence-corrected chi connectivity index (χ1v) is 20.8. The molecular weight excluding hydrogens is 725 g/mol. The molecule has 0 atom stereocenters. The highest BCUT2D eigenvalue weighted by Gasteiger charge is 2.51. The van der Waals surface area contributed by atoms with Crippen molar-refractivity contribution in [2.45, 2.75) is 24.7 Å². The van der Waals surface area contributed by atoms with Crippen LogP contribution in [0.25, 0.3) is 76.0 Å². The average Bonchev–Trinajstić information content (AvgIpc) is 3.87. The van der Waals surface area contributed by atoms with Crippen LogP contribution in [0.1, 0.15) is 47.2 Å².